The lowest BCUT2D eigenvalue weighted by Crippen LogP contribution is -2.72. The Morgan fingerprint density at radius 3 is 2.62 bits per heavy atom. The van der Waals surface area contributed by atoms with E-state index in [-0.39, 0.29) is 12.8 Å². The summed E-state index contributed by atoms with van der Waals surface area (Å²) in [6.45, 7) is 5.51. The maximum atomic E-state index is 13.2. The largest absolute Gasteiger partial charge is 0.472 e. The van der Waals surface area contributed by atoms with Crippen molar-refractivity contribution >= 4 is 11.9 Å². The van der Waals surface area contributed by atoms with Gasteiger partial charge in [-0.1, -0.05) is 20.8 Å². The smallest absolute Gasteiger partial charge is 0.335 e. The SMILES string of the molecule is COC(=O)[C@H](O)[C@H]1[C@@]2(C)C[C@]3(O)[C@@H]4[C@@H](O[C@]56CC(=O)O[C@@H](c7ccoc7)[C@]5(C)CC[C@H]([C@]13C)[C@]46O)[C@H]2O. The van der Waals surface area contributed by atoms with Crippen molar-refractivity contribution in [1.82, 2.24) is 0 Å². The summed E-state index contributed by atoms with van der Waals surface area (Å²) in [5, 5.41) is 48.7. The topological polar surface area (TPSA) is 156 Å². The molecule has 1 aromatic heterocycles. The number of hydrogen-bond acceptors (Lipinski definition) is 10. The Labute approximate surface area is 213 Å². The lowest BCUT2D eigenvalue weighted by molar-refractivity contribution is -0.298. The van der Waals surface area contributed by atoms with Gasteiger partial charge in [-0.25, -0.2) is 4.79 Å². The number of methoxy groups -OCH3 is 1. The standard InChI is InChI=1S/C27H34O10/c1-22-11-25(32)18-16(19(22)30)37-26-9-14(28)36-20(12-6-8-35-10-12)23(26,2)7-5-13(27(18,26)33)24(25,3)17(22)15(29)21(31)34-4/h6,8,10,13,15-20,29-30,32-33H,5,7,9,11H2,1-4H3/t13-,15-,16-,17+,18+,19-,20+,22-,23+,24-,25+,26-,27+/m1/s1. The van der Waals surface area contributed by atoms with Gasteiger partial charge >= 0.3 is 11.9 Å². The first-order valence-corrected chi connectivity index (χ1v) is 13.1. The molecule has 37 heavy (non-hydrogen) atoms. The number of cyclic esters (lactones) is 1. The summed E-state index contributed by atoms with van der Waals surface area (Å²) < 4.78 is 22.8. The minimum atomic E-state index is -1.73. The van der Waals surface area contributed by atoms with Gasteiger partial charge in [0.15, 0.2) is 6.10 Å². The average molecular weight is 519 g/mol. The quantitative estimate of drug-likeness (QED) is 0.423. The first-order valence-electron chi connectivity index (χ1n) is 13.1. The molecule has 6 fully saturated rings. The molecule has 3 heterocycles. The third-order valence-corrected chi connectivity index (χ3v) is 12.2. The van der Waals surface area contributed by atoms with Crippen LogP contribution in [0.5, 0.6) is 0 Å². The molecule has 202 valence electrons. The van der Waals surface area contributed by atoms with Crippen LogP contribution in [0, 0.1) is 34.0 Å². The predicted octanol–water partition coefficient (Wildman–Crippen LogP) is 0.854. The molecule has 10 nitrogen and oxygen atoms in total. The van der Waals surface area contributed by atoms with Crippen molar-refractivity contribution in [2.75, 3.05) is 7.11 Å². The highest BCUT2D eigenvalue weighted by Crippen LogP contribution is 2.85. The van der Waals surface area contributed by atoms with Gasteiger partial charge in [0, 0.05) is 33.6 Å². The number of hydrogen-bond donors (Lipinski definition) is 4. The van der Waals surface area contributed by atoms with Crippen LogP contribution in [0.1, 0.15) is 58.1 Å². The van der Waals surface area contributed by atoms with E-state index in [0.29, 0.717) is 18.4 Å². The van der Waals surface area contributed by atoms with Gasteiger partial charge in [-0.3, -0.25) is 4.79 Å². The van der Waals surface area contributed by atoms with Crippen molar-refractivity contribution in [2.24, 2.45) is 34.0 Å². The van der Waals surface area contributed by atoms with Crippen molar-refractivity contribution in [2.45, 2.75) is 87.7 Å². The Morgan fingerprint density at radius 1 is 1.24 bits per heavy atom. The summed E-state index contributed by atoms with van der Waals surface area (Å²) in [4.78, 5) is 25.9. The fraction of sp³-hybridized carbons (Fsp3) is 0.778. The zero-order valence-electron chi connectivity index (χ0n) is 21.3. The molecule has 7 rings (SSSR count). The van der Waals surface area contributed by atoms with Gasteiger partial charge in [0.1, 0.15) is 17.3 Å². The molecule has 2 saturated heterocycles. The normalized spacial score (nSPS) is 57.6. The summed E-state index contributed by atoms with van der Waals surface area (Å²) in [5.74, 6) is -3.86. The molecule has 0 aromatic carbocycles. The monoisotopic (exact) mass is 518 g/mol. The summed E-state index contributed by atoms with van der Waals surface area (Å²) in [5.41, 5.74) is -7.31. The number of furan rings is 1. The molecule has 6 aliphatic rings. The van der Waals surface area contributed by atoms with Crippen LogP contribution in [0.2, 0.25) is 0 Å². The second-order valence-electron chi connectivity index (χ2n) is 13.1. The molecule has 4 saturated carbocycles. The van der Waals surface area contributed by atoms with E-state index < -0.39 is 87.2 Å². The van der Waals surface area contributed by atoms with Gasteiger partial charge in [0.25, 0.3) is 0 Å². The Hall–Kier alpha value is -1.98. The van der Waals surface area contributed by atoms with Gasteiger partial charge in [-0.05, 0) is 31.2 Å². The van der Waals surface area contributed by atoms with Crippen LogP contribution >= 0.6 is 0 Å². The van der Waals surface area contributed by atoms with Crippen molar-refractivity contribution < 1.29 is 48.6 Å². The Kier molecular flexibility index (Phi) is 4.29. The van der Waals surface area contributed by atoms with Crippen LogP contribution in [-0.4, -0.2) is 74.6 Å². The Bertz CT molecular complexity index is 1200. The highest BCUT2D eigenvalue weighted by atomic mass is 16.6. The second-order valence-corrected chi connectivity index (χ2v) is 13.1. The van der Waals surface area contributed by atoms with Gasteiger partial charge in [-0.15, -0.1) is 0 Å². The number of aliphatic hydroxyl groups excluding tert-OH is 2. The average Bonchev–Trinajstić information content (AvgIpc) is 3.52. The highest BCUT2D eigenvalue weighted by Gasteiger charge is 2.95. The zero-order valence-corrected chi connectivity index (χ0v) is 21.3. The van der Waals surface area contributed by atoms with Gasteiger partial charge in [0.2, 0.25) is 0 Å². The highest BCUT2D eigenvalue weighted by molar-refractivity contribution is 5.76. The van der Waals surface area contributed by atoms with E-state index in [1.807, 2.05) is 13.8 Å². The summed E-state index contributed by atoms with van der Waals surface area (Å²) in [6, 6.07) is 1.72. The molecule has 1 aromatic rings. The molecular weight excluding hydrogens is 484 g/mol. The fourth-order valence-corrected chi connectivity index (χ4v) is 11.0. The van der Waals surface area contributed by atoms with Gasteiger partial charge in [0.05, 0.1) is 43.9 Å². The molecule has 1 spiro atoms. The van der Waals surface area contributed by atoms with Crippen molar-refractivity contribution in [1.29, 1.82) is 0 Å². The number of fused-ring (bicyclic) bond motifs is 2. The van der Waals surface area contributed by atoms with Crippen molar-refractivity contribution in [3.63, 3.8) is 0 Å². The van der Waals surface area contributed by atoms with E-state index in [9.17, 15) is 30.0 Å². The molecule has 2 bridgehead atoms. The van der Waals surface area contributed by atoms with Crippen LogP contribution in [0.15, 0.2) is 23.0 Å². The maximum absolute atomic E-state index is 13.2. The molecule has 0 radical (unpaired) electrons. The van der Waals surface area contributed by atoms with E-state index in [1.165, 1.54) is 19.6 Å². The predicted molar refractivity (Wildman–Crippen MR) is 122 cm³/mol. The van der Waals surface area contributed by atoms with Crippen LogP contribution in [-0.2, 0) is 23.8 Å². The number of rotatable bonds is 3. The minimum absolute atomic E-state index is 0.0716. The lowest BCUT2D eigenvalue weighted by Gasteiger charge is -2.63. The zero-order chi connectivity index (χ0) is 26.6. The molecule has 0 amide bonds. The molecule has 10 heteroatoms. The molecule has 4 N–H and O–H groups in total. The molecule has 4 aliphatic carbocycles. The molecule has 13 atom stereocenters. The first kappa shape index (κ1) is 24.1. The summed E-state index contributed by atoms with van der Waals surface area (Å²) in [7, 11) is 1.19. The Morgan fingerprint density at radius 2 is 1.97 bits per heavy atom. The van der Waals surface area contributed by atoms with Crippen LogP contribution < -0.4 is 0 Å². The van der Waals surface area contributed by atoms with E-state index >= 15 is 0 Å². The third-order valence-electron chi connectivity index (χ3n) is 12.2. The maximum Gasteiger partial charge on any atom is 0.335 e. The number of esters is 2. The van der Waals surface area contributed by atoms with Crippen molar-refractivity contribution in [3.8, 4) is 0 Å². The minimum Gasteiger partial charge on any atom is -0.472 e. The van der Waals surface area contributed by atoms with E-state index in [2.05, 4.69) is 0 Å². The first-order chi connectivity index (χ1) is 17.3. The number of aliphatic hydroxyl groups is 4. The van der Waals surface area contributed by atoms with Crippen molar-refractivity contribution in [3.05, 3.63) is 24.2 Å². The Balaban J connectivity index is 1.49. The fourth-order valence-electron chi connectivity index (χ4n) is 11.0. The summed E-state index contributed by atoms with van der Waals surface area (Å²) in [6.07, 6.45) is -0.866. The summed E-state index contributed by atoms with van der Waals surface area (Å²) >= 11 is 0. The van der Waals surface area contributed by atoms with E-state index in [1.54, 1.807) is 13.0 Å². The molecular formula is C27H34O10. The lowest BCUT2D eigenvalue weighted by atomic mass is 9.45. The van der Waals surface area contributed by atoms with E-state index in [4.69, 9.17) is 18.6 Å². The number of ether oxygens (including phenoxy) is 3. The number of carbonyl (C=O) groups excluding carboxylic acids is 2. The van der Waals surface area contributed by atoms with E-state index in [0.717, 1.165) is 0 Å². The molecule has 2 aliphatic heterocycles. The molecule has 0 unspecified atom stereocenters. The van der Waals surface area contributed by atoms with Gasteiger partial charge in [-0.2, -0.15) is 0 Å². The van der Waals surface area contributed by atoms with Crippen LogP contribution in [0.4, 0.5) is 0 Å². The van der Waals surface area contributed by atoms with Gasteiger partial charge < -0.3 is 39.1 Å². The van der Waals surface area contributed by atoms with Crippen LogP contribution in [0.25, 0.3) is 0 Å². The second kappa shape index (κ2) is 6.59. The van der Waals surface area contributed by atoms with Crippen LogP contribution in [0.3, 0.4) is 0 Å². The number of carbonyl (C=O) groups is 2. The third kappa shape index (κ3) is 2.13.